The van der Waals surface area contributed by atoms with Crippen molar-refractivity contribution in [1.82, 2.24) is 19.9 Å². The van der Waals surface area contributed by atoms with E-state index in [1.165, 1.54) is 36.2 Å². The number of ether oxygens (including phenoxy) is 1. The molecule has 0 saturated carbocycles. The van der Waals surface area contributed by atoms with Gasteiger partial charge in [0.05, 0.1) is 13.7 Å². The minimum atomic E-state index is -0.180. The predicted octanol–water partition coefficient (Wildman–Crippen LogP) is 5.12. The number of nitrogens with one attached hydrogen (secondary N) is 2. The van der Waals surface area contributed by atoms with Gasteiger partial charge < -0.3 is 20.3 Å². The van der Waals surface area contributed by atoms with Crippen molar-refractivity contribution in [2.45, 2.75) is 58.4 Å². The number of allylic oxidation sites excluding steroid dienone is 1. The second-order valence-electron chi connectivity index (χ2n) is 10.1. The molecule has 0 radical (unpaired) electrons. The summed E-state index contributed by atoms with van der Waals surface area (Å²) in [6.07, 6.45) is 8.16. The van der Waals surface area contributed by atoms with E-state index in [0.717, 1.165) is 45.8 Å². The van der Waals surface area contributed by atoms with Crippen molar-refractivity contribution < 1.29 is 9.53 Å². The van der Waals surface area contributed by atoms with Crippen molar-refractivity contribution in [3.05, 3.63) is 35.9 Å². The number of methoxy groups -OCH3 is 1. The summed E-state index contributed by atoms with van der Waals surface area (Å²) in [4.78, 5) is 20.1. The number of likely N-dealkylation sites (N-methyl/N-ethyl adjacent to an activating group) is 1. The first-order chi connectivity index (χ1) is 16.7. The second-order valence-corrected chi connectivity index (χ2v) is 11.0. The Morgan fingerprint density at radius 3 is 2.66 bits per heavy atom. The summed E-state index contributed by atoms with van der Waals surface area (Å²) in [5.41, 5.74) is 3.11. The van der Waals surface area contributed by atoms with Crippen LogP contribution in [0.15, 0.2) is 35.9 Å². The number of aromatic nitrogens is 3. The number of anilines is 2. The number of benzene rings is 1. The van der Waals surface area contributed by atoms with Crippen molar-refractivity contribution >= 4 is 33.2 Å². The zero-order valence-corrected chi connectivity index (χ0v) is 22.2. The molecular weight excluding hydrogens is 460 g/mol. The quantitative estimate of drug-likeness (QED) is 0.400. The molecule has 2 heterocycles. The van der Waals surface area contributed by atoms with Crippen LogP contribution in [-0.4, -0.2) is 53.3 Å². The molecule has 2 aromatic heterocycles. The Morgan fingerprint density at radius 1 is 1.23 bits per heavy atom. The van der Waals surface area contributed by atoms with E-state index in [-0.39, 0.29) is 18.0 Å². The summed E-state index contributed by atoms with van der Waals surface area (Å²) < 4.78 is 7.14. The SMILES string of the molecule is COc1ccc(-c2nc3sc(N(C)CC(=O)NCCC4=CCCCC4)nn3c2NC(C)(C)C)cc1. The van der Waals surface area contributed by atoms with E-state index in [9.17, 15) is 4.79 Å². The third kappa shape index (κ3) is 6.33. The van der Waals surface area contributed by atoms with Crippen molar-refractivity contribution in [3.63, 3.8) is 0 Å². The summed E-state index contributed by atoms with van der Waals surface area (Å²) >= 11 is 1.47. The number of carbonyl (C=O) groups excluding carboxylic acids is 1. The maximum atomic E-state index is 12.5. The first-order valence-electron chi connectivity index (χ1n) is 12.2. The van der Waals surface area contributed by atoms with Gasteiger partial charge in [-0.25, -0.2) is 4.98 Å². The van der Waals surface area contributed by atoms with Crippen LogP contribution < -0.4 is 20.3 Å². The van der Waals surface area contributed by atoms with E-state index < -0.39 is 0 Å². The highest BCUT2D eigenvalue weighted by Crippen LogP contribution is 2.35. The summed E-state index contributed by atoms with van der Waals surface area (Å²) in [7, 11) is 3.55. The number of hydrogen-bond donors (Lipinski definition) is 2. The highest BCUT2D eigenvalue weighted by Gasteiger charge is 2.23. The van der Waals surface area contributed by atoms with Gasteiger partial charge in [-0.1, -0.05) is 23.0 Å². The van der Waals surface area contributed by atoms with Crippen molar-refractivity contribution in [2.24, 2.45) is 0 Å². The Bertz CT molecular complexity index is 1190. The molecule has 1 aliphatic rings. The van der Waals surface area contributed by atoms with Gasteiger partial charge >= 0.3 is 0 Å². The van der Waals surface area contributed by atoms with Crippen molar-refractivity contribution in [1.29, 1.82) is 0 Å². The maximum absolute atomic E-state index is 12.5. The Labute approximate surface area is 211 Å². The fourth-order valence-electron chi connectivity index (χ4n) is 4.14. The smallest absolute Gasteiger partial charge is 0.239 e. The average Bonchev–Trinajstić information content (AvgIpc) is 3.38. The lowest BCUT2D eigenvalue weighted by atomic mass is 9.97. The Hall–Kier alpha value is -3.07. The Kier molecular flexibility index (Phi) is 7.64. The molecule has 4 rings (SSSR count). The third-order valence-corrected chi connectivity index (χ3v) is 6.93. The van der Waals surface area contributed by atoms with Gasteiger partial charge in [-0.05, 0) is 77.1 Å². The maximum Gasteiger partial charge on any atom is 0.239 e. The number of imidazole rings is 1. The van der Waals surface area contributed by atoms with Gasteiger partial charge in [0.25, 0.3) is 0 Å². The molecule has 188 valence electrons. The summed E-state index contributed by atoms with van der Waals surface area (Å²) in [5.74, 6) is 1.64. The lowest BCUT2D eigenvalue weighted by Gasteiger charge is -2.22. The van der Waals surface area contributed by atoms with Crippen LogP contribution in [0, 0.1) is 0 Å². The second kappa shape index (κ2) is 10.7. The molecule has 1 amide bonds. The summed E-state index contributed by atoms with van der Waals surface area (Å²) in [6, 6.07) is 7.86. The molecule has 1 aromatic carbocycles. The molecule has 0 saturated heterocycles. The van der Waals surface area contributed by atoms with Gasteiger partial charge in [-0.3, -0.25) is 4.79 Å². The van der Waals surface area contributed by atoms with E-state index in [2.05, 4.69) is 37.5 Å². The van der Waals surface area contributed by atoms with E-state index in [1.54, 1.807) is 7.11 Å². The van der Waals surface area contributed by atoms with Crippen molar-refractivity contribution in [3.8, 4) is 17.0 Å². The van der Waals surface area contributed by atoms with E-state index in [4.69, 9.17) is 14.8 Å². The lowest BCUT2D eigenvalue weighted by molar-refractivity contribution is -0.119. The van der Waals surface area contributed by atoms with E-state index >= 15 is 0 Å². The molecule has 3 aromatic rings. The average molecular weight is 497 g/mol. The largest absolute Gasteiger partial charge is 0.497 e. The van der Waals surface area contributed by atoms with Crippen LogP contribution in [0.25, 0.3) is 16.2 Å². The molecule has 0 aliphatic heterocycles. The van der Waals surface area contributed by atoms with Crippen LogP contribution in [-0.2, 0) is 4.79 Å². The fraction of sp³-hybridized carbons (Fsp3) is 0.500. The Morgan fingerprint density at radius 2 is 2.00 bits per heavy atom. The molecule has 0 atom stereocenters. The molecule has 0 bridgehead atoms. The molecule has 8 nitrogen and oxygen atoms in total. The highest BCUT2D eigenvalue weighted by atomic mass is 32.1. The topological polar surface area (TPSA) is 83.8 Å². The molecule has 0 spiro atoms. The van der Waals surface area contributed by atoms with E-state index in [0.29, 0.717) is 6.54 Å². The lowest BCUT2D eigenvalue weighted by Crippen LogP contribution is -2.35. The molecule has 1 aliphatic carbocycles. The summed E-state index contributed by atoms with van der Waals surface area (Å²) in [5, 5.41) is 12.2. The van der Waals surface area contributed by atoms with Gasteiger partial charge in [0.15, 0.2) is 5.82 Å². The van der Waals surface area contributed by atoms with Gasteiger partial charge in [0.1, 0.15) is 11.4 Å². The number of hydrogen-bond acceptors (Lipinski definition) is 7. The van der Waals surface area contributed by atoms with Gasteiger partial charge in [-0.15, -0.1) is 5.10 Å². The fourth-order valence-corrected chi connectivity index (χ4v) is 5.00. The molecule has 0 fully saturated rings. The monoisotopic (exact) mass is 496 g/mol. The number of amides is 1. The molecule has 0 unspecified atom stereocenters. The standard InChI is InChI=1S/C26H36N6O2S/c1-26(2,3)29-23-22(19-11-13-20(34-5)14-12-19)28-24-32(23)30-25(35-24)31(4)17-21(33)27-16-15-18-9-7-6-8-10-18/h9,11-14,29H,6-8,10,15-17H2,1-5H3,(H,27,33). The van der Waals surface area contributed by atoms with Gasteiger partial charge in [0, 0.05) is 24.7 Å². The molecule has 9 heteroatoms. The molecular formula is C26H36N6O2S. The van der Waals surface area contributed by atoms with Crippen LogP contribution in [0.3, 0.4) is 0 Å². The number of fused-ring (bicyclic) bond motifs is 1. The molecule has 2 N–H and O–H groups in total. The summed E-state index contributed by atoms with van der Waals surface area (Å²) in [6.45, 7) is 7.26. The zero-order valence-electron chi connectivity index (χ0n) is 21.4. The van der Waals surface area contributed by atoms with Crippen LogP contribution in [0.1, 0.15) is 52.9 Å². The first kappa shape index (κ1) is 25.0. The van der Waals surface area contributed by atoms with Crippen LogP contribution in [0.4, 0.5) is 10.9 Å². The Balaban J connectivity index is 1.48. The normalized spacial score (nSPS) is 14.0. The van der Waals surface area contributed by atoms with E-state index in [1.807, 2.05) is 40.7 Å². The van der Waals surface area contributed by atoms with Crippen molar-refractivity contribution in [2.75, 3.05) is 37.5 Å². The first-order valence-corrected chi connectivity index (χ1v) is 13.0. The predicted molar refractivity (Wildman–Crippen MR) is 144 cm³/mol. The number of rotatable bonds is 9. The van der Waals surface area contributed by atoms with Gasteiger partial charge in [0.2, 0.25) is 16.0 Å². The minimum Gasteiger partial charge on any atom is -0.497 e. The highest BCUT2D eigenvalue weighted by molar-refractivity contribution is 7.20. The molecule has 35 heavy (non-hydrogen) atoms. The van der Waals surface area contributed by atoms with Gasteiger partial charge in [-0.2, -0.15) is 4.52 Å². The zero-order chi connectivity index (χ0) is 25.0. The third-order valence-electron chi connectivity index (χ3n) is 5.91. The van der Waals surface area contributed by atoms with Crippen LogP contribution in [0.2, 0.25) is 0 Å². The number of nitrogens with zero attached hydrogens (tertiary/aromatic N) is 4. The number of carbonyl (C=O) groups is 1. The van der Waals surface area contributed by atoms with Crippen LogP contribution >= 0.6 is 11.3 Å². The van der Waals surface area contributed by atoms with Crippen LogP contribution in [0.5, 0.6) is 5.75 Å². The minimum absolute atomic E-state index is 0.00344.